The van der Waals surface area contributed by atoms with Gasteiger partial charge in [-0.05, 0) is 12.1 Å². The molecule has 2 rings (SSSR count). The third-order valence-corrected chi connectivity index (χ3v) is 2.69. The van der Waals surface area contributed by atoms with Crippen molar-refractivity contribution in [2.45, 2.75) is 0 Å². The van der Waals surface area contributed by atoms with Crippen molar-refractivity contribution in [2.24, 2.45) is 0 Å². The van der Waals surface area contributed by atoms with Crippen LogP contribution in [0.3, 0.4) is 0 Å². The summed E-state index contributed by atoms with van der Waals surface area (Å²) in [6.45, 7) is 1.61. The average molecular weight is 234 g/mol. The third-order valence-electron chi connectivity index (χ3n) is 2.69. The highest BCUT2D eigenvalue weighted by atomic mass is 16.3. The van der Waals surface area contributed by atoms with E-state index < -0.39 is 0 Å². The minimum atomic E-state index is -0.169. The Kier molecular flexibility index (Phi) is 3.39. The summed E-state index contributed by atoms with van der Waals surface area (Å²) in [4.78, 5) is 24.8. The number of carbonyl (C=O) groups is 2. The second-order valence-corrected chi connectivity index (χ2v) is 4.00. The molecule has 0 atom stereocenters. The first kappa shape index (κ1) is 11.6. The molecule has 1 amide bonds. The maximum Gasteiger partial charge on any atom is 0.234 e. The number of ketones is 1. The maximum absolute atomic E-state index is 11.9. The van der Waals surface area contributed by atoms with Gasteiger partial charge in [0.25, 0.3) is 0 Å². The molecule has 0 radical (unpaired) electrons. The molecule has 5 heteroatoms. The number of amides is 1. The smallest absolute Gasteiger partial charge is 0.234 e. The molecule has 5 nitrogen and oxygen atoms in total. The van der Waals surface area contributed by atoms with Crippen LogP contribution in [-0.2, 0) is 4.79 Å². The standard InChI is InChI=1S/C12H14N2O3/c15-10-4-2-1-3-9(10)11(16)7-14-6-5-13-12(17)8-14/h1-4,15H,5-8H2,(H,13,17). The van der Waals surface area contributed by atoms with Gasteiger partial charge in [-0.25, -0.2) is 0 Å². The van der Waals surface area contributed by atoms with Crippen molar-refractivity contribution in [3.8, 4) is 5.75 Å². The van der Waals surface area contributed by atoms with E-state index in [0.29, 0.717) is 18.7 Å². The fourth-order valence-corrected chi connectivity index (χ4v) is 1.82. The molecule has 0 aliphatic carbocycles. The summed E-state index contributed by atoms with van der Waals surface area (Å²) in [6.07, 6.45) is 0. The van der Waals surface area contributed by atoms with Crippen LogP contribution in [-0.4, -0.2) is 47.9 Å². The fourth-order valence-electron chi connectivity index (χ4n) is 1.82. The monoisotopic (exact) mass is 234 g/mol. The van der Waals surface area contributed by atoms with E-state index in [1.807, 2.05) is 0 Å². The van der Waals surface area contributed by atoms with Crippen LogP contribution in [0.5, 0.6) is 5.75 Å². The number of benzene rings is 1. The Morgan fingerprint density at radius 2 is 2.18 bits per heavy atom. The molecular weight excluding hydrogens is 220 g/mol. The summed E-state index contributed by atoms with van der Waals surface area (Å²) in [5.41, 5.74) is 0.304. The first-order valence-electron chi connectivity index (χ1n) is 5.47. The maximum atomic E-state index is 11.9. The van der Waals surface area contributed by atoms with Crippen molar-refractivity contribution in [1.29, 1.82) is 0 Å². The number of para-hydroxylation sites is 1. The predicted molar refractivity (Wildman–Crippen MR) is 61.9 cm³/mol. The van der Waals surface area contributed by atoms with Crippen molar-refractivity contribution in [2.75, 3.05) is 26.2 Å². The number of piperazine rings is 1. The van der Waals surface area contributed by atoms with Gasteiger partial charge in [0.2, 0.25) is 5.91 Å². The van der Waals surface area contributed by atoms with Crippen LogP contribution < -0.4 is 5.32 Å². The van der Waals surface area contributed by atoms with Crippen LogP contribution in [0, 0.1) is 0 Å². The Morgan fingerprint density at radius 1 is 1.41 bits per heavy atom. The van der Waals surface area contributed by atoms with Crippen LogP contribution in [0.1, 0.15) is 10.4 Å². The third kappa shape index (κ3) is 2.82. The second kappa shape index (κ2) is 4.97. The van der Waals surface area contributed by atoms with Crippen LogP contribution in [0.25, 0.3) is 0 Å². The minimum Gasteiger partial charge on any atom is -0.507 e. The van der Waals surface area contributed by atoms with Crippen LogP contribution >= 0.6 is 0 Å². The Hall–Kier alpha value is -1.88. The second-order valence-electron chi connectivity index (χ2n) is 4.00. The van der Waals surface area contributed by atoms with E-state index in [-0.39, 0.29) is 30.5 Å². The molecule has 1 saturated heterocycles. The topological polar surface area (TPSA) is 69.6 Å². The molecule has 1 aromatic carbocycles. The molecule has 1 fully saturated rings. The lowest BCUT2D eigenvalue weighted by molar-refractivity contribution is -0.123. The molecule has 0 spiro atoms. The van der Waals surface area contributed by atoms with Gasteiger partial charge in [0.15, 0.2) is 5.78 Å². The summed E-state index contributed by atoms with van der Waals surface area (Å²) in [5.74, 6) is -0.252. The fraction of sp³-hybridized carbons (Fsp3) is 0.333. The zero-order chi connectivity index (χ0) is 12.3. The summed E-state index contributed by atoms with van der Waals surface area (Å²) >= 11 is 0. The minimum absolute atomic E-state index is 0.0149. The molecule has 1 aliphatic rings. The summed E-state index contributed by atoms with van der Waals surface area (Å²) < 4.78 is 0. The molecule has 1 heterocycles. The Morgan fingerprint density at radius 3 is 2.88 bits per heavy atom. The highest BCUT2D eigenvalue weighted by Crippen LogP contribution is 2.16. The van der Waals surface area contributed by atoms with E-state index in [4.69, 9.17) is 0 Å². The number of carbonyl (C=O) groups excluding carboxylic acids is 2. The number of Topliss-reactive ketones (excluding diaryl/α,β-unsaturated/α-hetero) is 1. The molecule has 1 aliphatic heterocycles. The van der Waals surface area contributed by atoms with E-state index in [1.165, 1.54) is 6.07 Å². The average Bonchev–Trinajstić information content (AvgIpc) is 2.29. The van der Waals surface area contributed by atoms with Gasteiger partial charge in [-0.15, -0.1) is 0 Å². The van der Waals surface area contributed by atoms with E-state index in [1.54, 1.807) is 23.1 Å². The van der Waals surface area contributed by atoms with Gasteiger partial charge in [-0.1, -0.05) is 12.1 Å². The van der Waals surface area contributed by atoms with Crippen molar-refractivity contribution >= 4 is 11.7 Å². The molecule has 1 aromatic rings. The molecule has 17 heavy (non-hydrogen) atoms. The Balaban J connectivity index is 2.02. The zero-order valence-corrected chi connectivity index (χ0v) is 9.35. The lowest BCUT2D eigenvalue weighted by Crippen LogP contribution is -2.49. The number of phenolic OH excluding ortho intramolecular Hbond substituents is 1. The Labute approximate surface area is 99.0 Å². The number of aromatic hydroxyl groups is 1. The molecule has 0 aromatic heterocycles. The van der Waals surface area contributed by atoms with Gasteiger partial charge in [0, 0.05) is 13.1 Å². The highest BCUT2D eigenvalue weighted by Gasteiger charge is 2.20. The van der Waals surface area contributed by atoms with Crippen LogP contribution in [0.2, 0.25) is 0 Å². The first-order valence-corrected chi connectivity index (χ1v) is 5.47. The Bertz CT molecular complexity index is 445. The largest absolute Gasteiger partial charge is 0.507 e. The first-order chi connectivity index (χ1) is 8.16. The van der Waals surface area contributed by atoms with Gasteiger partial charge in [0.05, 0.1) is 18.7 Å². The van der Waals surface area contributed by atoms with E-state index in [2.05, 4.69) is 5.32 Å². The van der Waals surface area contributed by atoms with Gasteiger partial charge in [-0.2, -0.15) is 0 Å². The highest BCUT2D eigenvalue weighted by molar-refractivity contribution is 6.00. The van der Waals surface area contributed by atoms with Crippen molar-refractivity contribution in [3.63, 3.8) is 0 Å². The predicted octanol–water partition coefficient (Wildman–Crippen LogP) is 0.00670. The lowest BCUT2D eigenvalue weighted by atomic mass is 10.1. The summed E-state index contributed by atoms with van der Waals surface area (Å²) in [7, 11) is 0. The molecular formula is C12H14N2O3. The summed E-state index contributed by atoms with van der Waals surface area (Å²) in [5, 5.41) is 12.2. The van der Waals surface area contributed by atoms with Crippen LogP contribution in [0.4, 0.5) is 0 Å². The number of phenols is 1. The van der Waals surface area contributed by atoms with E-state index in [9.17, 15) is 14.7 Å². The van der Waals surface area contributed by atoms with Gasteiger partial charge >= 0.3 is 0 Å². The van der Waals surface area contributed by atoms with Gasteiger partial charge in [0.1, 0.15) is 5.75 Å². The molecule has 0 unspecified atom stereocenters. The molecule has 0 bridgehead atoms. The molecule has 0 saturated carbocycles. The number of hydrogen-bond donors (Lipinski definition) is 2. The van der Waals surface area contributed by atoms with Gasteiger partial charge in [-0.3, -0.25) is 14.5 Å². The molecule has 2 N–H and O–H groups in total. The normalized spacial score (nSPS) is 16.6. The van der Waals surface area contributed by atoms with Crippen molar-refractivity contribution < 1.29 is 14.7 Å². The summed E-state index contributed by atoms with van der Waals surface area (Å²) in [6, 6.07) is 6.44. The SMILES string of the molecule is O=C1CN(CC(=O)c2ccccc2O)CCN1. The zero-order valence-electron chi connectivity index (χ0n) is 9.35. The molecule has 90 valence electrons. The van der Waals surface area contributed by atoms with Crippen LogP contribution in [0.15, 0.2) is 24.3 Å². The van der Waals surface area contributed by atoms with Gasteiger partial charge < -0.3 is 10.4 Å². The van der Waals surface area contributed by atoms with E-state index >= 15 is 0 Å². The number of nitrogens with one attached hydrogen (secondary N) is 1. The van der Waals surface area contributed by atoms with Crippen molar-refractivity contribution in [1.82, 2.24) is 10.2 Å². The number of hydrogen-bond acceptors (Lipinski definition) is 4. The van der Waals surface area contributed by atoms with E-state index in [0.717, 1.165) is 0 Å². The number of nitrogens with zero attached hydrogens (tertiary/aromatic N) is 1. The quantitative estimate of drug-likeness (QED) is 0.723. The van der Waals surface area contributed by atoms with Crippen molar-refractivity contribution in [3.05, 3.63) is 29.8 Å². The number of rotatable bonds is 3. The lowest BCUT2D eigenvalue weighted by Gasteiger charge is -2.25.